The van der Waals surface area contributed by atoms with Gasteiger partial charge in [-0.05, 0) is 56.3 Å². The standard InChI is InChI=1S/C18H27N3O.ClH/c1-14(19)15-6-9-20(10-7-15)13-18(22)21-11-8-16-4-2-3-5-17(16)12-21;/h2-5,14-15H,6-13,19H2,1H3;1H. The van der Waals surface area contributed by atoms with E-state index in [4.69, 9.17) is 5.73 Å². The molecule has 2 aliphatic rings. The first kappa shape index (κ1) is 18.2. The van der Waals surface area contributed by atoms with E-state index in [2.05, 4.69) is 36.1 Å². The zero-order valence-corrected chi connectivity index (χ0v) is 14.7. The lowest BCUT2D eigenvalue weighted by atomic mass is 9.91. The molecule has 1 aromatic rings. The summed E-state index contributed by atoms with van der Waals surface area (Å²) in [4.78, 5) is 16.9. The van der Waals surface area contributed by atoms with Crippen LogP contribution in [0.2, 0.25) is 0 Å². The highest BCUT2D eigenvalue weighted by molar-refractivity contribution is 5.85. The maximum absolute atomic E-state index is 12.6. The highest BCUT2D eigenvalue weighted by Gasteiger charge is 2.26. The normalized spacial score (nSPS) is 20.5. The first-order chi connectivity index (χ1) is 10.6. The van der Waals surface area contributed by atoms with Gasteiger partial charge in [-0.1, -0.05) is 24.3 Å². The highest BCUT2D eigenvalue weighted by Crippen LogP contribution is 2.21. The molecule has 0 saturated carbocycles. The number of rotatable bonds is 3. The van der Waals surface area contributed by atoms with Crippen molar-refractivity contribution in [2.75, 3.05) is 26.2 Å². The van der Waals surface area contributed by atoms with Gasteiger partial charge in [-0.2, -0.15) is 0 Å². The fourth-order valence-corrected chi connectivity index (χ4v) is 3.64. The molecule has 1 unspecified atom stereocenters. The van der Waals surface area contributed by atoms with Crippen molar-refractivity contribution >= 4 is 18.3 Å². The second-order valence-corrected chi connectivity index (χ2v) is 6.81. The minimum atomic E-state index is 0. The van der Waals surface area contributed by atoms with Crippen LogP contribution in [0.5, 0.6) is 0 Å². The Balaban J connectivity index is 0.00000192. The fourth-order valence-electron chi connectivity index (χ4n) is 3.64. The smallest absolute Gasteiger partial charge is 0.237 e. The maximum Gasteiger partial charge on any atom is 0.237 e. The number of hydrogen-bond acceptors (Lipinski definition) is 3. The van der Waals surface area contributed by atoms with Crippen LogP contribution >= 0.6 is 12.4 Å². The van der Waals surface area contributed by atoms with Crippen LogP contribution in [0, 0.1) is 5.92 Å². The zero-order chi connectivity index (χ0) is 15.5. The average Bonchev–Trinajstić information content (AvgIpc) is 2.55. The van der Waals surface area contributed by atoms with E-state index in [9.17, 15) is 4.79 Å². The third-order valence-corrected chi connectivity index (χ3v) is 5.22. The second-order valence-electron chi connectivity index (χ2n) is 6.81. The van der Waals surface area contributed by atoms with Crippen LogP contribution in [0.1, 0.15) is 30.9 Å². The maximum atomic E-state index is 12.6. The minimum Gasteiger partial charge on any atom is -0.337 e. The molecule has 2 heterocycles. The Kier molecular flexibility index (Phi) is 6.45. The van der Waals surface area contributed by atoms with Crippen molar-refractivity contribution in [3.05, 3.63) is 35.4 Å². The van der Waals surface area contributed by atoms with Crippen LogP contribution in [-0.2, 0) is 17.8 Å². The van der Waals surface area contributed by atoms with Crippen LogP contribution < -0.4 is 5.73 Å². The second kappa shape index (κ2) is 8.13. The van der Waals surface area contributed by atoms with Crippen LogP contribution in [0.25, 0.3) is 0 Å². The van der Waals surface area contributed by atoms with Gasteiger partial charge in [-0.3, -0.25) is 9.69 Å². The van der Waals surface area contributed by atoms with Crippen LogP contribution in [-0.4, -0.2) is 47.9 Å². The van der Waals surface area contributed by atoms with E-state index in [1.807, 2.05) is 4.90 Å². The molecule has 0 aromatic heterocycles. The van der Waals surface area contributed by atoms with Gasteiger partial charge >= 0.3 is 0 Å². The van der Waals surface area contributed by atoms with Crippen molar-refractivity contribution < 1.29 is 4.79 Å². The van der Waals surface area contributed by atoms with E-state index >= 15 is 0 Å². The Hall–Kier alpha value is -1.10. The lowest BCUT2D eigenvalue weighted by Crippen LogP contribution is -2.46. The molecule has 0 spiro atoms. The van der Waals surface area contributed by atoms with E-state index in [-0.39, 0.29) is 24.4 Å². The van der Waals surface area contributed by atoms with Gasteiger partial charge in [0, 0.05) is 19.1 Å². The molecule has 0 radical (unpaired) electrons. The Morgan fingerprint density at radius 3 is 2.52 bits per heavy atom. The van der Waals surface area contributed by atoms with Gasteiger partial charge in [-0.25, -0.2) is 0 Å². The quantitative estimate of drug-likeness (QED) is 0.918. The number of fused-ring (bicyclic) bond motifs is 1. The van der Waals surface area contributed by atoms with E-state index in [1.54, 1.807) is 0 Å². The van der Waals surface area contributed by atoms with Gasteiger partial charge in [0.05, 0.1) is 6.54 Å². The molecule has 1 atom stereocenters. The topological polar surface area (TPSA) is 49.6 Å². The monoisotopic (exact) mass is 337 g/mol. The number of nitrogens with zero attached hydrogens (tertiary/aromatic N) is 2. The summed E-state index contributed by atoms with van der Waals surface area (Å²) in [5.74, 6) is 0.891. The number of nitrogens with two attached hydrogens (primary N) is 1. The summed E-state index contributed by atoms with van der Waals surface area (Å²) >= 11 is 0. The third-order valence-electron chi connectivity index (χ3n) is 5.22. The van der Waals surface area contributed by atoms with Crippen LogP contribution in [0.4, 0.5) is 0 Å². The summed E-state index contributed by atoms with van der Waals surface area (Å²) in [6.45, 7) is 6.28. The van der Waals surface area contributed by atoms with Crippen molar-refractivity contribution in [3.63, 3.8) is 0 Å². The van der Waals surface area contributed by atoms with E-state index in [0.717, 1.165) is 45.4 Å². The highest BCUT2D eigenvalue weighted by atomic mass is 35.5. The summed E-state index contributed by atoms with van der Waals surface area (Å²) in [5.41, 5.74) is 8.68. The van der Waals surface area contributed by atoms with E-state index in [0.29, 0.717) is 12.5 Å². The number of halogens is 1. The molecule has 2 aliphatic heterocycles. The van der Waals surface area contributed by atoms with Crippen LogP contribution in [0.15, 0.2) is 24.3 Å². The first-order valence-corrected chi connectivity index (χ1v) is 8.46. The number of carbonyl (C=O) groups excluding carboxylic acids is 1. The number of carbonyl (C=O) groups is 1. The van der Waals surface area contributed by atoms with Gasteiger partial charge in [0.1, 0.15) is 0 Å². The molecule has 5 heteroatoms. The molecule has 3 rings (SSSR count). The predicted octanol–water partition coefficient (Wildman–Crippen LogP) is 2.05. The average molecular weight is 338 g/mol. The van der Waals surface area contributed by atoms with Gasteiger partial charge in [-0.15, -0.1) is 12.4 Å². The lowest BCUT2D eigenvalue weighted by molar-refractivity contribution is -0.133. The Morgan fingerprint density at radius 1 is 1.22 bits per heavy atom. The van der Waals surface area contributed by atoms with E-state index < -0.39 is 0 Å². The molecule has 128 valence electrons. The number of benzene rings is 1. The van der Waals surface area contributed by atoms with Crippen molar-refractivity contribution in [2.45, 2.75) is 38.8 Å². The molecule has 4 nitrogen and oxygen atoms in total. The van der Waals surface area contributed by atoms with Crippen molar-refractivity contribution in [3.8, 4) is 0 Å². The van der Waals surface area contributed by atoms with Crippen LogP contribution in [0.3, 0.4) is 0 Å². The molecule has 0 bridgehead atoms. The van der Waals surface area contributed by atoms with Crippen molar-refractivity contribution in [1.82, 2.24) is 9.80 Å². The van der Waals surface area contributed by atoms with Gasteiger partial charge in [0.15, 0.2) is 0 Å². The molecule has 23 heavy (non-hydrogen) atoms. The van der Waals surface area contributed by atoms with Crippen molar-refractivity contribution in [2.24, 2.45) is 11.7 Å². The molecular formula is C18H28ClN3O. The number of piperidine rings is 1. The molecule has 1 amide bonds. The molecule has 2 N–H and O–H groups in total. The molecular weight excluding hydrogens is 310 g/mol. The Labute approximate surface area is 145 Å². The fraction of sp³-hybridized carbons (Fsp3) is 0.611. The lowest BCUT2D eigenvalue weighted by Gasteiger charge is -2.35. The summed E-state index contributed by atoms with van der Waals surface area (Å²) in [6, 6.07) is 8.74. The minimum absolute atomic E-state index is 0. The zero-order valence-electron chi connectivity index (χ0n) is 13.9. The Bertz CT molecular complexity index is 527. The van der Waals surface area contributed by atoms with Gasteiger partial charge in [0.25, 0.3) is 0 Å². The first-order valence-electron chi connectivity index (χ1n) is 8.46. The number of hydrogen-bond donors (Lipinski definition) is 1. The van der Waals surface area contributed by atoms with Crippen molar-refractivity contribution in [1.29, 1.82) is 0 Å². The molecule has 1 aromatic carbocycles. The molecule has 1 fully saturated rings. The summed E-state index contributed by atoms with van der Waals surface area (Å²) in [7, 11) is 0. The Morgan fingerprint density at radius 2 is 1.87 bits per heavy atom. The van der Waals surface area contributed by atoms with Gasteiger partial charge < -0.3 is 10.6 Å². The predicted molar refractivity (Wildman–Crippen MR) is 95.6 cm³/mol. The number of amides is 1. The third kappa shape index (κ3) is 4.46. The van der Waals surface area contributed by atoms with E-state index in [1.165, 1.54) is 11.1 Å². The summed E-state index contributed by atoms with van der Waals surface area (Å²) in [5, 5.41) is 0. The largest absolute Gasteiger partial charge is 0.337 e. The number of likely N-dealkylation sites (tertiary alicyclic amines) is 1. The molecule has 0 aliphatic carbocycles. The summed E-state index contributed by atoms with van der Waals surface area (Å²) < 4.78 is 0. The summed E-state index contributed by atoms with van der Waals surface area (Å²) in [6.07, 6.45) is 3.22. The molecule has 1 saturated heterocycles. The van der Waals surface area contributed by atoms with Gasteiger partial charge in [0.2, 0.25) is 5.91 Å². The SMILES string of the molecule is CC(N)C1CCN(CC(=O)N2CCc3ccccc3C2)CC1.Cl.